The normalized spacial score (nSPS) is 17.8. The summed E-state index contributed by atoms with van der Waals surface area (Å²) >= 11 is 0. The van der Waals surface area contributed by atoms with Gasteiger partial charge in [-0.1, -0.05) is 108 Å². The molecule has 1 radical (unpaired) electrons. The first kappa shape index (κ1) is 89.3. The summed E-state index contributed by atoms with van der Waals surface area (Å²) in [5.74, 6) is -7.86. The van der Waals surface area contributed by atoms with Gasteiger partial charge in [0.15, 0.2) is 0 Å². The van der Waals surface area contributed by atoms with Crippen molar-refractivity contribution >= 4 is 76.1 Å². The maximum atomic E-state index is 15.1. The average molecular weight is 1570 g/mol. The molecule has 30 heteroatoms. The SMILES string of the molecule is CCN(C)CC(=O)O.CCN(C)CC(=O)O.CCN(CCN(C)CC(=O)O)CC(=O)NCCCCCCNC(=O)CC[C@H]1C(=O)N[C@@H](Cc2ccc(O)cc2)C(=O)N[C@H](Cc2c[nH]c3ccccc23)C(=O)N[C@@H](CCCCN)C(=O)N[C@@H](C(C)C)C(=O)N[C@@H](Cc2ccccc2)C(=O)N1C.[Lu]. The Morgan fingerprint density at radius 1 is 0.545 bits per heavy atom. The molecule has 1 aliphatic heterocycles. The molecular formula is C71H110LuN14O15. The van der Waals surface area contributed by atoms with E-state index >= 15 is 9.59 Å². The molecule has 1 aromatic heterocycles. The van der Waals surface area contributed by atoms with Crippen LogP contribution in [0.5, 0.6) is 5.75 Å². The van der Waals surface area contributed by atoms with E-state index in [2.05, 4.69) is 42.2 Å². The Balaban J connectivity index is 0.00000181. The molecule has 1 fully saturated rings. The number of phenolic OH excluding ortho intramolecular Hbond substituents is 1. The summed E-state index contributed by atoms with van der Waals surface area (Å²) in [6.45, 7) is 14.0. The Morgan fingerprint density at radius 2 is 1.05 bits per heavy atom. The minimum Gasteiger partial charge on any atom is -0.508 e. The summed E-state index contributed by atoms with van der Waals surface area (Å²) in [5.41, 5.74) is 8.50. The fourth-order valence-corrected chi connectivity index (χ4v) is 10.7. The largest absolute Gasteiger partial charge is 0.508 e. The fourth-order valence-electron chi connectivity index (χ4n) is 10.7. The standard InChI is InChI=1S/C61H88N12O11.2C5H11NO2.Lu/c1-6-73(33-32-71(4)39-54(77)78)38-53(76)64-31-17-8-7-16-30-63-52(75)28-27-51-59(82)68-48(34-42-23-25-44(74)26-24-42)57(80)67-49(36-43-37-65-46-21-13-12-20-45(43)46)58(81)66-47(22-14-15-29-62)56(79)70-55(40(2)3)60(83)69-50(61(84)72(51)5)35-41-18-10-9-11-19-41;2*1-3-6(2)4-5(7)8;/h9-13,18-21,23-26,37,40,47-51,55,65,74H,6-8,14-17,22,27-36,38-39,62H2,1-5H3,(H,63,75)(H,64,76)(H,66,81)(H,67,80)(H,68,82)(H,69,83)(H,70,79)(H,77,78);2*3-4H2,1-2H3,(H,7,8);/t47-,48-,49+,50-,51-,55-;;;/m0.../s1. The van der Waals surface area contributed by atoms with E-state index in [0.29, 0.717) is 81.6 Å². The first-order valence-electron chi connectivity index (χ1n) is 34.4. The second-order valence-corrected chi connectivity index (χ2v) is 25.4. The zero-order valence-electron chi connectivity index (χ0n) is 59.9. The third kappa shape index (κ3) is 35.1. The van der Waals surface area contributed by atoms with E-state index in [0.717, 1.165) is 36.8 Å². The predicted octanol–water partition coefficient (Wildman–Crippen LogP) is 1.91. The van der Waals surface area contributed by atoms with Gasteiger partial charge in [0.1, 0.15) is 42.0 Å². The number of carboxylic acid groups (broad SMARTS) is 3. The third-order valence-corrected chi connectivity index (χ3v) is 16.9. The summed E-state index contributed by atoms with van der Waals surface area (Å²) < 4.78 is 0. The number of aliphatic carboxylic acids is 3. The van der Waals surface area contributed by atoms with Crippen LogP contribution >= 0.6 is 0 Å². The van der Waals surface area contributed by atoms with Crippen molar-refractivity contribution in [2.75, 3.05) is 107 Å². The summed E-state index contributed by atoms with van der Waals surface area (Å²) in [7, 11) is 6.65. The molecule has 6 atom stereocenters. The van der Waals surface area contributed by atoms with Crippen molar-refractivity contribution in [2.24, 2.45) is 11.7 Å². The molecule has 0 unspecified atom stereocenters. The molecule has 101 heavy (non-hydrogen) atoms. The van der Waals surface area contributed by atoms with Gasteiger partial charge in [-0.05, 0) is 127 Å². The fraction of sp³-hybridized carbons (Fsp3) is 0.563. The third-order valence-electron chi connectivity index (χ3n) is 16.9. The summed E-state index contributed by atoms with van der Waals surface area (Å²) in [4.78, 5) is 157. The number of H-pyrrole nitrogens is 1. The Labute approximate surface area is 622 Å². The van der Waals surface area contributed by atoms with Crippen LogP contribution in [0, 0.1) is 42.8 Å². The molecule has 1 aliphatic rings. The van der Waals surface area contributed by atoms with Gasteiger partial charge >= 0.3 is 17.9 Å². The van der Waals surface area contributed by atoms with Gasteiger partial charge in [0, 0.05) is 113 Å². The number of hydrogen-bond acceptors (Lipinski definition) is 17. The van der Waals surface area contributed by atoms with Gasteiger partial charge in [-0.2, -0.15) is 0 Å². The number of para-hydroxylation sites is 1. The van der Waals surface area contributed by atoms with Gasteiger partial charge in [-0.3, -0.25) is 72.3 Å². The van der Waals surface area contributed by atoms with Gasteiger partial charge in [0.05, 0.1) is 26.2 Å². The number of amides is 8. The Kier molecular flexibility index (Phi) is 43.3. The van der Waals surface area contributed by atoms with Crippen molar-refractivity contribution in [3.8, 4) is 5.75 Å². The molecule has 29 nitrogen and oxygen atoms in total. The molecule has 1 saturated heterocycles. The van der Waals surface area contributed by atoms with E-state index in [1.165, 1.54) is 24.1 Å². The molecule has 8 amide bonds. The van der Waals surface area contributed by atoms with E-state index in [9.17, 15) is 48.3 Å². The number of aromatic hydroxyl groups is 1. The number of carbonyl (C=O) groups is 11. The van der Waals surface area contributed by atoms with Gasteiger partial charge < -0.3 is 73.3 Å². The smallest absolute Gasteiger partial charge is 0.317 e. The molecule has 5 rings (SSSR count). The van der Waals surface area contributed by atoms with Gasteiger partial charge in [-0.15, -0.1) is 0 Å². The molecule has 3 aromatic carbocycles. The first-order valence-corrected chi connectivity index (χ1v) is 34.4. The van der Waals surface area contributed by atoms with E-state index < -0.39 is 101 Å². The number of carboxylic acids is 3. The van der Waals surface area contributed by atoms with Crippen LogP contribution in [0.15, 0.2) is 85.1 Å². The second-order valence-electron chi connectivity index (χ2n) is 25.4. The van der Waals surface area contributed by atoms with E-state index in [-0.39, 0.29) is 113 Å². The molecule has 14 N–H and O–H groups in total. The molecule has 4 aromatic rings. The molecule has 0 bridgehead atoms. The second kappa shape index (κ2) is 48.9. The first-order chi connectivity index (χ1) is 47.6. The van der Waals surface area contributed by atoms with Crippen LogP contribution < -0.4 is 43.0 Å². The average Bonchev–Trinajstić information content (AvgIpc) is 1.81. The topological polar surface area (TPSA) is 411 Å². The van der Waals surface area contributed by atoms with Crippen LogP contribution in [0.3, 0.4) is 0 Å². The zero-order valence-corrected chi connectivity index (χ0v) is 61.6. The number of fused-ring (bicyclic) bond motifs is 1. The Bertz CT molecular complexity index is 3190. The zero-order chi connectivity index (χ0) is 74.3. The van der Waals surface area contributed by atoms with Crippen molar-refractivity contribution in [1.82, 2.24) is 66.7 Å². The number of nitrogens with two attached hydrogens (primary N) is 1. The minimum absolute atomic E-state index is 0. The summed E-state index contributed by atoms with van der Waals surface area (Å²) in [6.07, 6.45) is 5.02. The number of rotatable bonds is 35. The number of nitrogens with one attached hydrogen (secondary N) is 8. The molecule has 0 spiro atoms. The molecule has 0 aliphatic carbocycles. The number of carbonyl (C=O) groups excluding carboxylic acids is 8. The number of aromatic amines is 1. The van der Waals surface area contributed by atoms with Crippen LogP contribution in [0.25, 0.3) is 10.9 Å². The van der Waals surface area contributed by atoms with Crippen LogP contribution in [-0.2, 0) is 72.0 Å². The number of phenols is 1. The number of nitrogens with zero attached hydrogens (tertiary/aromatic N) is 5. The summed E-state index contributed by atoms with van der Waals surface area (Å²) in [5, 5.41) is 56.5. The van der Waals surface area contributed by atoms with Crippen LogP contribution in [0.4, 0.5) is 0 Å². The summed E-state index contributed by atoms with van der Waals surface area (Å²) in [6, 6.07) is 14.5. The minimum atomic E-state index is -1.40. The maximum Gasteiger partial charge on any atom is 0.317 e. The molecule has 2 heterocycles. The van der Waals surface area contributed by atoms with Crippen molar-refractivity contribution in [3.63, 3.8) is 0 Å². The number of hydrogen-bond donors (Lipinski definition) is 13. The van der Waals surface area contributed by atoms with Gasteiger partial charge in [0.2, 0.25) is 47.3 Å². The number of likely N-dealkylation sites (N-methyl/N-ethyl adjacent to an activating group) is 5. The number of aromatic nitrogens is 1. The van der Waals surface area contributed by atoms with Crippen molar-refractivity contribution in [1.29, 1.82) is 0 Å². The van der Waals surface area contributed by atoms with Crippen molar-refractivity contribution < 1.29 is 110 Å². The van der Waals surface area contributed by atoms with Gasteiger partial charge in [0.25, 0.3) is 0 Å². The molecule has 0 saturated carbocycles. The van der Waals surface area contributed by atoms with Crippen molar-refractivity contribution in [2.45, 2.75) is 148 Å². The van der Waals surface area contributed by atoms with E-state index in [1.54, 1.807) is 98.4 Å². The van der Waals surface area contributed by atoms with Crippen molar-refractivity contribution in [3.05, 3.63) is 102 Å². The van der Waals surface area contributed by atoms with E-state index in [4.69, 9.17) is 21.1 Å². The maximum absolute atomic E-state index is 15.1. The van der Waals surface area contributed by atoms with Crippen LogP contribution in [0.1, 0.15) is 109 Å². The predicted molar refractivity (Wildman–Crippen MR) is 380 cm³/mol. The molecular weight excluding hydrogens is 1460 g/mol. The van der Waals surface area contributed by atoms with Gasteiger partial charge in [-0.25, -0.2) is 0 Å². The Morgan fingerprint density at radius 3 is 1.60 bits per heavy atom. The number of benzene rings is 3. The van der Waals surface area contributed by atoms with Crippen LogP contribution in [0.2, 0.25) is 0 Å². The number of unbranched alkanes of at least 4 members (excludes halogenated alkanes) is 4. The van der Waals surface area contributed by atoms with Crippen LogP contribution in [-0.4, -0.2) is 258 Å². The molecule has 569 valence electrons. The monoisotopic (exact) mass is 1570 g/mol. The van der Waals surface area contributed by atoms with E-state index in [1.807, 2.05) is 49.9 Å². The Hall–Kier alpha value is -7.80. The quantitative estimate of drug-likeness (QED) is 0.0293.